The molecule has 1 fully saturated rings. The van der Waals surface area contributed by atoms with Crippen molar-refractivity contribution in [2.45, 2.75) is 38.6 Å². The van der Waals surface area contributed by atoms with Crippen LogP contribution in [0.5, 0.6) is 0 Å². The van der Waals surface area contributed by atoms with E-state index in [2.05, 4.69) is 0 Å². The Kier molecular flexibility index (Phi) is 6.63. The molecule has 1 unspecified atom stereocenters. The van der Waals surface area contributed by atoms with Crippen molar-refractivity contribution in [1.29, 1.82) is 0 Å². The number of halogens is 1. The van der Waals surface area contributed by atoms with Crippen LogP contribution in [0.1, 0.15) is 38.2 Å². The van der Waals surface area contributed by atoms with Crippen molar-refractivity contribution >= 4 is 23.5 Å². The number of likely N-dealkylation sites (N-methyl/N-ethyl adjacent to an activating group) is 1. The minimum Gasteiger partial charge on any atom is -0.480 e. The molecule has 0 bridgehead atoms. The third-order valence-corrected chi connectivity index (χ3v) is 4.99. The largest absolute Gasteiger partial charge is 0.480 e. The lowest BCUT2D eigenvalue weighted by Gasteiger charge is -2.38. The normalized spacial score (nSPS) is 17.1. The number of amides is 1. The molecule has 0 spiro atoms. The summed E-state index contributed by atoms with van der Waals surface area (Å²) in [5, 5.41) is 9.63. The van der Waals surface area contributed by atoms with Crippen LogP contribution in [0.4, 0.5) is 0 Å². The highest BCUT2D eigenvalue weighted by atomic mass is 35.5. The molecule has 0 aromatic heterocycles. The zero-order chi connectivity index (χ0) is 17.7. The summed E-state index contributed by atoms with van der Waals surface area (Å²) in [5.74, 6) is -0.913. The van der Waals surface area contributed by atoms with Gasteiger partial charge < -0.3 is 10.0 Å². The number of hydrogen-bond donors (Lipinski definition) is 1. The third-order valence-electron chi connectivity index (χ3n) is 4.76. The summed E-state index contributed by atoms with van der Waals surface area (Å²) in [6.07, 6.45) is 1.63. The predicted octanol–water partition coefficient (Wildman–Crippen LogP) is 2.84. The zero-order valence-corrected chi connectivity index (χ0v) is 15.0. The van der Waals surface area contributed by atoms with Gasteiger partial charge in [-0.2, -0.15) is 0 Å². The van der Waals surface area contributed by atoms with Crippen molar-refractivity contribution in [3.05, 3.63) is 34.9 Å². The number of hydrogen-bond acceptors (Lipinski definition) is 3. The second-order valence-corrected chi connectivity index (χ2v) is 6.73. The maximum atomic E-state index is 12.7. The van der Waals surface area contributed by atoms with E-state index in [0.717, 1.165) is 18.4 Å². The van der Waals surface area contributed by atoms with Gasteiger partial charge in [0.25, 0.3) is 0 Å². The molecule has 1 saturated heterocycles. The standard InChI is InChI=1S/C18H25ClN2O3/c1-3-20(12-17(22)23)16-7-9-21(10-8-16)18(24)13(2)14-5-4-6-15(19)11-14/h4-6,11,13,16H,3,7-10,12H2,1-2H3,(H,22,23). The second-order valence-electron chi connectivity index (χ2n) is 6.29. The molecule has 1 aromatic rings. The Morgan fingerprint density at radius 1 is 1.38 bits per heavy atom. The van der Waals surface area contributed by atoms with Gasteiger partial charge in [-0.05, 0) is 44.0 Å². The highest BCUT2D eigenvalue weighted by Gasteiger charge is 2.29. The van der Waals surface area contributed by atoms with Crippen molar-refractivity contribution in [2.24, 2.45) is 0 Å². The lowest BCUT2D eigenvalue weighted by Crippen LogP contribution is -2.48. The molecule has 5 nitrogen and oxygen atoms in total. The van der Waals surface area contributed by atoms with Crippen LogP contribution in [0.25, 0.3) is 0 Å². The van der Waals surface area contributed by atoms with Gasteiger partial charge in [0.1, 0.15) is 0 Å². The van der Waals surface area contributed by atoms with E-state index in [4.69, 9.17) is 16.7 Å². The Labute approximate surface area is 148 Å². The lowest BCUT2D eigenvalue weighted by molar-refractivity contribution is -0.140. The van der Waals surface area contributed by atoms with Gasteiger partial charge in [0, 0.05) is 24.2 Å². The zero-order valence-electron chi connectivity index (χ0n) is 14.2. The van der Waals surface area contributed by atoms with Crippen LogP contribution in [-0.4, -0.2) is 59.0 Å². The molecule has 0 saturated carbocycles. The fraction of sp³-hybridized carbons (Fsp3) is 0.556. The molecule has 2 rings (SSSR count). The van der Waals surface area contributed by atoms with E-state index >= 15 is 0 Å². The number of carboxylic acid groups (broad SMARTS) is 1. The number of carbonyl (C=O) groups excluding carboxylic acids is 1. The van der Waals surface area contributed by atoms with Gasteiger partial charge >= 0.3 is 5.97 Å². The smallest absolute Gasteiger partial charge is 0.317 e. The number of aliphatic carboxylic acids is 1. The van der Waals surface area contributed by atoms with Gasteiger partial charge in [0.2, 0.25) is 5.91 Å². The fourth-order valence-electron chi connectivity index (χ4n) is 3.32. The summed E-state index contributed by atoms with van der Waals surface area (Å²) in [7, 11) is 0. The third kappa shape index (κ3) is 4.71. The first-order chi connectivity index (χ1) is 11.4. The number of benzene rings is 1. The van der Waals surface area contributed by atoms with Crippen LogP contribution in [0, 0.1) is 0 Å². The van der Waals surface area contributed by atoms with Crippen LogP contribution >= 0.6 is 11.6 Å². The van der Waals surface area contributed by atoms with Gasteiger partial charge in [-0.1, -0.05) is 30.7 Å². The molecule has 6 heteroatoms. The molecule has 1 aliphatic heterocycles. The van der Waals surface area contributed by atoms with Gasteiger partial charge in [-0.15, -0.1) is 0 Å². The highest BCUT2D eigenvalue weighted by molar-refractivity contribution is 6.30. The first-order valence-corrected chi connectivity index (χ1v) is 8.80. The quantitative estimate of drug-likeness (QED) is 0.855. The van der Waals surface area contributed by atoms with Crippen LogP contribution < -0.4 is 0 Å². The number of likely N-dealkylation sites (tertiary alicyclic amines) is 1. The number of carboxylic acids is 1. The first-order valence-electron chi connectivity index (χ1n) is 8.42. The topological polar surface area (TPSA) is 60.9 Å². The average Bonchev–Trinajstić information content (AvgIpc) is 2.58. The summed E-state index contributed by atoms with van der Waals surface area (Å²) in [6.45, 7) is 6.00. The Morgan fingerprint density at radius 3 is 2.58 bits per heavy atom. The predicted molar refractivity (Wildman–Crippen MR) is 94.4 cm³/mol. The van der Waals surface area contributed by atoms with Gasteiger partial charge in [-0.25, -0.2) is 0 Å². The number of carbonyl (C=O) groups is 2. The Hall–Kier alpha value is -1.59. The molecular weight excluding hydrogens is 328 g/mol. The van der Waals surface area contributed by atoms with Crippen molar-refractivity contribution in [3.8, 4) is 0 Å². The summed E-state index contributed by atoms with van der Waals surface area (Å²) >= 11 is 6.01. The minimum atomic E-state index is -0.801. The summed E-state index contributed by atoms with van der Waals surface area (Å²) in [6, 6.07) is 7.65. The van der Waals surface area contributed by atoms with Gasteiger partial charge in [0.05, 0.1) is 12.5 Å². The first kappa shape index (κ1) is 18.7. The molecule has 1 heterocycles. The van der Waals surface area contributed by atoms with E-state index in [1.165, 1.54) is 0 Å². The Balaban J connectivity index is 1.93. The van der Waals surface area contributed by atoms with Crippen molar-refractivity contribution < 1.29 is 14.7 Å². The molecule has 1 aromatic carbocycles. The van der Waals surface area contributed by atoms with Crippen LogP contribution in [0.3, 0.4) is 0 Å². The molecule has 0 radical (unpaired) electrons. The van der Waals surface area contributed by atoms with Crippen LogP contribution in [0.15, 0.2) is 24.3 Å². The molecule has 1 N–H and O–H groups in total. The maximum absolute atomic E-state index is 12.7. The summed E-state index contributed by atoms with van der Waals surface area (Å²) in [4.78, 5) is 27.5. The Bertz CT molecular complexity index is 585. The molecule has 1 amide bonds. The number of piperidine rings is 1. The molecule has 1 atom stereocenters. The minimum absolute atomic E-state index is 0.0635. The summed E-state index contributed by atoms with van der Waals surface area (Å²) < 4.78 is 0. The fourth-order valence-corrected chi connectivity index (χ4v) is 3.52. The number of nitrogens with zero attached hydrogens (tertiary/aromatic N) is 2. The van der Waals surface area contributed by atoms with E-state index in [-0.39, 0.29) is 24.4 Å². The summed E-state index contributed by atoms with van der Waals surface area (Å²) in [5.41, 5.74) is 0.927. The molecule has 1 aliphatic rings. The van der Waals surface area contributed by atoms with Crippen molar-refractivity contribution in [3.63, 3.8) is 0 Å². The Morgan fingerprint density at radius 2 is 2.04 bits per heavy atom. The second kappa shape index (κ2) is 8.49. The van der Waals surface area contributed by atoms with Crippen molar-refractivity contribution in [2.75, 3.05) is 26.2 Å². The highest BCUT2D eigenvalue weighted by Crippen LogP contribution is 2.24. The van der Waals surface area contributed by atoms with Crippen LogP contribution in [0.2, 0.25) is 5.02 Å². The van der Waals surface area contributed by atoms with E-state index in [1.807, 2.05) is 41.8 Å². The molecule has 24 heavy (non-hydrogen) atoms. The van der Waals surface area contributed by atoms with E-state index in [1.54, 1.807) is 6.07 Å². The molecule has 0 aliphatic carbocycles. The van der Waals surface area contributed by atoms with Crippen molar-refractivity contribution in [1.82, 2.24) is 9.80 Å². The van der Waals surface area contributed by atoms with Gasteiger partial charge in [-0.3, -0.25) is 14.5 Å². The van der Waals surface area contributed by atoms with E-state index in [9.17, 15) is 9.59 Å². The van der Waals surface area contributed by atoms with Gasteiger partial charge in [0.15, 0.2) is 0 Å². The van der Waals surface area contributed by atoms with E-state index < -0.39 is 5.97 Å². The molecule has 132 valence electrons. The van der Waals surface area contributed by atoms with E-state index in [0.29, 0.717) is 24.7 Å². The lowest BCUT2D eigenvalue weighted by atomic mass is 9.97. The SMILES string of the molecule is CCN(CC(=O)O)C1CCN(C(=O)C(C)c2cccc(Cl)c2)CC1. The maximum Gasteiger partial charge on any atom is 0.317 e. The molecular formula is C18H25ClN2O3. The monoisotopic (exact) mass is 352 g/mol. The average molecular weight is 353 g/mol. The van der Waals surface area contributed by atoms with Crippen LogP contribution in [-0.2, 0) is 9.59 Å². The number of rotatable bonds is 6.